The van der Waals surface area contributed by atoms with Crippen molar-refractivity contribution in [2.24, 2.45) is 0 Å². The molecule has 0 spiro atoms. The van der Waals surface area contributed by atoms with Crippen molar-refractivity contribution in [1.29, 1.82) is 0 Å². The molecular formula is C25H22N4O. The van der Waals surface area contributed by atoms with Crippen molar-refractivity contribution >= 4 is 22.5 Å². The molecule has 30 heavy (non-hydrogen) atoms. The Hall–Kier alpha value is -3.73. The maximum Gasteiger partial charge on any atom is 0.254 e. The molecule has 1 aliphatic heterocycles. The standard InChI is InChI=1S/C25H22N4O/c1-28-14-15-29(17-19-6-2-5-9-24(19)28)25(30)21-16-23(18-10-12-26-13-11-18)27-22-8-4-3-7-20(21)22/h2-13,16H,14-15,17H2,1H3. The number of carbonyl (C=O) groups excluding carboxylic acids is 1. The zero-order valence-electron chi connectivity index (χ0n) is 16.8. The van der Waals surface area contributed by atoms with Crippen molar-refractivity contribution in [2.45, 2.75) is 6.54 Å². The van der Waals surface area contributed by atoms with Crippen LogP contribution in [0.4, 0.5) is 5.69 Å². The summed E-state index contributed by atoms with van der Waals surface area (Å²) in [7, 11) is 2.08. The first-order chi connectivity index (χ1) is 14.7. The molecule has 0 aliphatic carbocycles. The van der Waals surface area contributed by atoms with Crippen LogP contribution in [0.15, 0.2) is 79.1 Å². The van der Waals surface area contributed by atoms with Crippen molar-refractivity contribution in [3.05, 3.63) is 90.3 Å². The highest BCUT2D eigenvalue weighted by Crippen LogP contribution is 2.28. The van der Waals surface area contributed by atoms with Gasteiger partial charge in [-0.1, -0.05) is 36.4 Å². The minimum Gasteiger partial charge on any atom is -0.373 e. The van der Waals surface area contributed by atoms with E-state index in [0.29, 0.717) is 18.7 Å². The molecule has 0 atom stereocenters. The second kappa shape index (κ2) is 7.59. The number of amides is 1. The van der Waals surface area contributed by atoms with Gasteiger partial charge in [0.15, 0.2) is 0 Å². The van der Waals surface area contributed by atoms with Crippen LogP contribution >= 0.6 is 0 Å². The van der Waals surface area contributed by atoms with E-state index >= 15 is 0 Å². The van der Waals surface area contributed by atoms with Crippen LogP contribution in [0.5, 0.6) is 0 Å². The Morgan fingerprint density at radius 2 is 1.70 bits per heavy atom. The molecule has 5 rings (SSSR count). The third-order valence-corrected chi connectivity index (χ3v) is 5.68. The average molecular weight is 394 g/mol. The summed E-state index contributed by atoms with van der Waals surface area (Å²) in [5.41, 5.74) is 5.60. The molecule has 2 aromatic heterocycles. The van der Waals surface area contributed by atoms with E-state index in [-0.39, 0.29) is 5.91 Å². The van der Waals surface area contributed by atoms with Crippen LogP contribution in [-0.4, -0.2) is 40.9 Å². The lowest BCUT2D eigenvalue weighted by molar-refractivity contribution is 0.0753. The number of anilines is 1. The Bertz CT molecular complexity index is 1220. The number of aromatic nitrogens is 2. The van der Waals surface area contributed by atoms with Gasteiger partial charge in [-0.2, -0.15) is 0 Å². The van der Waals surface area contributed by atoms with Crippen molar-refractivity contribution in [3.63, 3.8) is 0 Å². The van der Waals surface area contributed by atoms with E-state index in [2.05, 4.69) is 29.1 Å². The Balaban J connectivity index is 1.59. The molecule has 2 aromatic carbocycles. The van der Waals surface area contributed by atoms with Crippen LogP contribution in [0.3, 0.4) is 0 Å². The van der Waals surface area contributed by atoms with E-state index in [9.17, 15) is 4.79 Å². The number of hydrogen-bond acceptors (Lipinski definition) is 4. The first-order valence-electron chi connectivity index (χ1n) is 10.1. The Labute approximate surface area is 175 Å². The predicted octanol–water partition coefficient (Wildman–Crippen LogP) is 4.39. The molecule has 5 nitrogen and oxygen atoms in total. The SMILES string of the molecule is CN1CCN(C(=O)c2cc(-c3ccncc3)nc3ccccc23)Cc2ccccc21. The molecule has 0 unspecified atom stereocenters. The van der Waals surface area contributed by atoms with Crippen LogP contribution in [0, 0.1) is 0 Å². The van der Waals surface area contributed by atoms with Gasteiger partial charge in [0, 0.05) is 55.7 Å². The van der Waals surface area contributed by atoms with E-state index < -0.39 is 0 Å². The second-order valence-corrected chi connectivity index (χ2v) is 7.59. The molecule has 1 aliphatic rings. The van der Waals surface area contributed by atoms with Crippen molar-refractivity contribution in [3.8, 4) is 11.3 Å². The van der Waals surface area contributed by atoms with E-state index in [1.165, 1.54) is 11.3 Å². The summed E-state index contributed by atoms with van der Waals surface area (Å²) in [5.74, 6) is 0.0361. The Kier molecular flexibility index (Phi) is 4.64. The van der Waals surface area contributed by atoms with Crippen LogP contribution in [-0.2, 0) is 6.54 Å². The third kappa shape index (κ3) is 3.28. The number of benzene rings is 2. The number of hydrogen-bond donors (Lipinski definition) is 0. The third-order valence-electron chi connectivity index (χ3n) is 5.68. The predicted molar refractivity (Wildman–Crippen MR) is 119 cm³/mol. The largest absolute Gasteiger partial charge is 0.373 e. The summed E-state index contributed by atoms with van der Waals surface area (Å²) in [5, 5.41) is 0.881. The quantitative estimate of drug-likeness (QED) is 0.506. The highest BCUT2D eigenvalue weighted by Gasteiger charge is 2.24. The van der Waals surface area contributed by atoms with Gasteiger partial charge in [-0.15, -0.1) is 0 Å². The number of para-hydroxylation sites is 2. The fourth-order valence-corrected chi connectivity index (χ4v) is 4.06. The number of pyridine rings is 2. The van der Waals surface area contributed by atoms with Gasteiger partial charge in [0.2, 0.25) is 0 Å². The molecule has 0 fully saturated rings. The monoisotopic (exact) mass is 394 g/mol. The van der Waals surface area contributed by atoms with Gasteiger partial charge >= 0.3 is 0 Å². The van der Waals surface area contributed by atoms with Crippen LogP contribution in [0.25, 0.3) is 22.2 Å². The summed E-state index contributed by atoms with van der Waals surface area (Å²) in [6.45, 7) is 2.06. The molecule has 0 bridgehead atoms. The molecule has 0 radical (unpaired) electrons. The molecular weight excluding hydrogens is 372 g/mol. The highest BCUT2D eigenvalue weighted by atomic mass is 16.2. The van der Waals surface area contributed by atoms with Gasteiger partial charge < -0.3 is 9.80 Å². The topological polar surface area (TPSA) is 49.3 Å². The summed E-state index contributed by atoms with van der Waals surface area (Å²) in [6.07, 6.45) is 3.49. The van der Waals surface area contributed by atoms with E-state index in [4.69, 9.17) is 4.98 Å². The van der Waals surface area contributed by atoms with Crippen molar-refractivity contribution in [1.82, 2.24) is 14.9 Å². The lowest BCUT2D eigenvalue weighted by Gasteiger charge is -2.22. The van der Waals surface area contributed by atoms with Gasteiger partial charge in [0.05, 0.1) is 16.8 Å². The number of nitrogens with zero attached hydrogens (tertiary/aromatic N) is 4. The maximum atomic E-state index is 13.7. The Morgan fingerprint density at radius 1 is 0.933 bits per heavy atom. The zero-order valence-corrected chi connectivity index (χ0v) is 16.8. The average Bonchev–Trinajstić information content (AvgIpc) is 2.97. The number of fused-ring (bicyclic) bond motifs is 2. The maximum absolute atomic E-state index is 13.7. The number of carbonyl (C=O) groups is 1. The molecule has 0 saturated carbocycles. The molecule has 5 heteroatoms. The van der Waals surface area contributed by atoms with E-state index in [1.54, 1.807) is 12.4 Å². The summed E-state index contributed by atoms with van der Waals surface area (Å²) >= 11 is 0. The van der Waals surface area contributed by atoms with Gasteiger partial charge in [-0.25, -0.2) is 4.98 Å². The van der Waals surface area contributed by atoms with Crippen LogP contribution in [0.2, 0.25) is 0 Å². The minimum atomic E-state index is 0.0361. The number of rotatable bonds is 2. The second-order valence-electron chi connectivity index (χ2n) is 7.59. The molecule has 0 saturated heterocycles. The van der Waals surface area contributed by atoms with E-state index in [1.807, 2.05) is 59.5 Å². The zero-order chi connectivity index (χ0) is 20.5. The highest BCUT2D eigenvalue weighted by molar-refractivity contribution is 6.07. The van der Waals surface area contributed by atoms with Gasteiger partial charge in [-0.3, -0.25) is 9.78 Å². The lowest BCUT2D eigenvalue weighted by Crippen LogP contribution is -2.34. The fourth-order valence-electron chi connectivity index (χ4n) is 4.06. The lowest BCUT2D eigenvalue weighted by atomic mass is 10.0. The van der Waals surface area contributed by atoms with Crippen LogP contribution in [0.1, 0.15) is 15.9 Å². The molecule has 0 N–H and O–H groups in total. The minimum absolute atomic E-state index is 0.0361. The molecule has 1 amide bonds. The van der Waals surface area contributed by atoms with Crippen molar-refractivity contribution < 1.29 is 4.79 Å². The normalized spacial score (nSPS) is 13.8. The van der Waals surface area contributed by atoms with Gasteiger partial charge in [0.1, 0.15) is 0 Å². The van der Waals surface area contributed by atoms with Gasteiger partial charge in [-0.05, 0) is 35.9 Å². The fraction of sp³-hybridized carbons (Fsp3) is 0.160. The van der Waals surface area contributed by atoms with Crippen molar-refractivity contribution in [2.75, 3.05) is 25.0 Å². The first-order valence-corrected chi connectivity index (χ1v) is 10.1. The smallest absolute Gasteiger partial charge is 0.254 e. The summed E-state index contributed by atoms with van der Waals surface area (Å²) in [6, 6.07) is 21.9. The molecule has 3 heterocycles. The Morgan fingerprint density at radius 3 is 2.57 bits per heavy atom. The summed E-state index contributed by atoms with van der Waals surface area (Å²) < 4.78 is 0. The molecule has 4 aromatic rings. The number of likely N-dealkylation sites (N-methyl/N-ethyl adjacent to an activating group) is 1. The van der Waals surface area contributed by atoms with Crippen LogP contribution < -0.4 is 4.90 Å². The molecule has 148 valence electrons. The summed E-state index contributed by atoms with van der Waals surface area (Å²) in [4.78, 5) is 26.8. The van der Waals surface area contributed by atoms with Gasteiger partial charge in [0.25, 0.3) is 5.91 Å². The first kappa shape index (κ1) is 18.3. The van der Waals surface area contributed by atoms with E-state index in [0.717, 1.165) is 28.7 Å².